The van der Waals surface area contributed by atoms with Crippen LogP contribution in [0.5, 0.6) is 0 Å². The minimum atomic E-state index is -0.243. The molecular weight excluding hydrogens is 246 g/mol. The van der Waals surface area contributed by atoms with Crippen LogP contribution in [0.15, 0.2) is 29.2 Å². The average Bonchev–Trinajstić information content (AvgIpc) is 2.37. The standard InChI is InChI=1S/C14H19NO2S/c1-14(2)10-15(8-9-17-14)13(16)11-4-6-12(18-3)7-5-11/h4-7H,8-10H2,1-3H3. The third kappa shape index (κ3) is 3.06. The molecule has 1 heterocycles. The molecule has 0 aromatic heterocycles. The van der Waals surface area contributed by atoms with Gasteiger partial charge in [-0.2, -0.15) is 0 Å². The zero-order valence-corrected chi connectivity index (χ0v) is 11.9. The first-order chi connectivity index (χ1) is 8.52. The summed E-state index contributed by atoms with van der Waals surface area (Å²) in [6.07, 6.45) is 2.03. The van der Waals surface area contributed by atoms with Crippen LogP contribution in [0, 0.1) is 0 Å². The van der Waals surface area contributed by atoms with Crippen molar-refractivity contribution in [2.45, 2.75) is 24.3 Å². The maximum absolute atomic E-state index is 12.4. The van der Waals surface area contributed by atoms with E-state index in [4.69, 9.17) is 4.74 Å². The van der Waals surface area contributed by atoms with E-state index in [9.17, 15) is 4.79 Å². The molecule has 18 heavy (non-hydrogen) atoms. The molecule has 0 atom stereocenters. The maximum Gasteiger partial charge on any atom is 0.254 e. The Morgan fingerprint density at radius 1 is 1.33 bits per heavy atom. The number of hydrogen-bond acceptors (Lipinski definition) is 3. The van der Waals surface area contributed by atoms with Crippen molar-refractivity contribution < 1.29 is 9.53 Å². The summed E-state index contributed by atoms with van der Waals surface area (Å²) in [5, 5.41) is 0. The highest BCUT2D eigenvalue weighted by Gasteiger charge is 2.30. The molecule has 0 radical (unpaired) electrons. The summed E-state index contributed by atoms with van der Waals surface area (Å²) in [5.74, 6) is 0.0963. The first-order valence-electron chi connectivity index (χ1n) is 6.09. The van der Waals surface area contributed by atoms with Gasteiger partial charge in [-0.25, -0.2) is 0 Å². The van der Waals surface area contributed by atoms with Gasteiger partial charge in [0, 0.05) is 23.5 Å². The van der Waals surface area contributed by atoms with Crippen molar-refractivity contribution in [3.8, 4) is 0 Å². The summed E-state index contributed by atoms with van der Waals surface area (Å²) in [7, 11) is 0. The average molecular weight is 265 g/mol. The topological polar surface area (TPSA) is 29.5 Å². The van der Waals surface area contributed by atoms with Gasteiger partial charge in [0.2, 0.25) is 0 Å². The first-order valence-corrected chi connectivity index (χ1v) is 7.32. The van der Waals surface area contributed by atoms with Gasteiger partial charge in [-0.15, -0.1) is 11.8 Å². The summed E-state index contributed by atoms with van der Waals surface area (Å²) in [5.41, 5.74) is 0.512. The fourth-order valence-electron chi connectivity index (χ4n) is 2.11. The van der Waals surface area contributed by atoms with E-state index in [0.29, 0.717) is 19.7 Å². The van der Waals surface area contributed by atoms with Gasteiger partial charge in [0.25, 0.3) is 5.91 Å². The van der Waals surface area contributed by atoms with Crippen LogP contribution in [0.1, 0.15) is 24.2 Å². The number of ether oxygens (including phenoxy) is 1. The van der Waals surface area contributed by atoms with Crippen molar-refractivity contribution in [3.05, 3.63) is 29.8 Å². The highest BCUT2D eigenvalue weighted by Crippen LogP contribution is 2.20. The summed E-state index contributed by atoms with van der Waals surface area (Å²) in [6.45, 7) is 5.97. The van der Waals surface area contributed by atoms with Gasteiger partial charge in [-0.05, 0) is 44.4 Å². The molecule has 0 unspecified atom stereocenters. The van der Waals surface area contributed by atoms with E-state index >= 15 is 0 Å². The van der Waals surface area contributed by atoms with Gasteiger partial charge < -0.3 is 9.64 Å². The highest BCUT2D eigenvalue weighted by atomic mass is 32.2. The zero-order valence-electron chi connectivity index (χ0n) is 11.1. The lowest BCUT2D eigenvalue weighted by atomic mass is 10.1. The summed E-state index contributed by atoms with van der Waals surface area (Å²) >= 11 is 1.68. The monoisotopic (exact) mass is 265 g/mol. The Labute approximate surface area is 113 Å². The largest absolute Gasteiger partial charge is 0.372 e. The molecule has 0 bridgehead atoms. The lowest BCUT2D eigenvalue weighted by Crippen LogP contribution is -2.50. The number of rotatable bonds is 2. The molecule has 1 aliphatic heterocycles. The van der Waals surface area contributed by atoms with Crippen LogP contribution in [0.2, 0.25) is 0 Å². The number of morpholine rings is 1. The molecular formula is C14H19NO2S. The Hall–Kier alpha value is -1.00. The van der Waals surface area contributed by atoms with Crippen molar-refractivity contribution >= 4 is 17.7 Å². The van der Waals surface area contributed by atoms with E-state index in [1.54, 1.807) is 11.8 Å². The Kier molecular flexibility index (Phi) is 3.97. The lowest BCUT2D eigenvalue weighted by Gasteiger charge is -2.38. The van der Waals surface area contributed by atoms with Crippen LogP contribution in [0.4, 0.5) is 0 Å². The number of carbonyl (C=O) groups is 1. The number of thioether (sulfide) groups is 1. The first kappa shape index (κ1) is 13.4. The molecule has 1 saturated heterocycles. The summed E-state index contributed by atoms with van der Waals surface area (Å²) in [4.78, 5) is 15.4. The van der Waals surface area contributed by atoms with Crippen molar-refractivity contribution in [1.29, 1.82) is 0 Å². The fourth-order valence-corrected chi connectivity index (χ4v) is 2.51. The Morgan fingerprint density at radius 3 is 2.56 bits per heavy atom. The molecule has 1 aliphatic rings. The quantitative estimate of drug-likeness (QED) is 0.770. The number of hydrogen-bond donors (Lipinski definition) is 0. The molecule has 2 rings (SSSR count). The molecule has 98 valence electrons. The number of nitrogens with zero attached hydrogens (tertiary/aromatic N) is 1. The maximum atomic E-state index is 12.4. The molecule has 0 N–H and O–H groups in total. The van der Waals surface area contributed by atoms with E-state index in [1.807, 2.05) is 49.3 Å². The SMILES string of the molecule is CSc1ccc(C(=O)N2CCOC(C)(C)C2)cc1. The minimum Gasteiger partial charge on any atom is -0.372 e. The normalized spacial score (nSPS) is 18.7. The Balaban J connectivity index is 2.10. The second-order valence-corrected chi connectivity index (χ2v) is 5.94. The van der Waals surface area contributed by atoms with Gasteiger partial charge in [-0.3, -0.25) is 4.79 Å². The lowest BCUT2D eigenvalue weighted by molar-refractivity contribution is -0.0764. The van der Waals surface area contributed by atoms with Gasteiger partial charge in [0.05, 0.1) is 12.2 Å². The predicted octanol–water partition coefficient (Wildman–Crippen LogP) is 2.66. The molecule has 0 saturated carbocycles. The fraction of sp³-hybridized carbons (Fsp3) is 0.500. The zero-order chi connectivity index (χ0) is 13.2. The van der Waals surface area contributed by atoms with Crippen molar-refractivity contribution in [3.63, 3.8) is 0 Å². The van der Waals surface area contributed by atoms with E-state index < -0.39 is 0 Å². The predicted molar refractivity (Wildman–Crippen MR) is 74.2 cm³/mol. The summed E-state index contributed by atoms with van der Waals surface area (Å²) in [6, 6.07) is 7.78. The summed E-state index contributed by atoms with van der Waals surface area (Å²) < 4.78 is 5.62. The number of benzene rings is 1. The third-order valence-electron chi connectivity index (χ3n) is 3.05. The van der Waals surface area contributed by atoms with Gasteiger partial charge >= 0.3 is 0 Å². The second-order valence-electron chi connectivity index (χ2n) is 5.06. The van der Waals surface area contributed by atoms with Crippen molar-refractivity contribution in [2.24, 2.45) is 0 Å². The Morgan fingerprint density at radius 2 is 2.00 bits per heavy atom. The van der Waals surface area contributed by atoms with Crippen molar-refractivity contribution in [2.75, 3.05) is 26.0 Å². The molecule has 4 heteroatoms. The minimum absolute atomic E-state index is 0.0963. The Bertz CT molecular complexity index is 428. The van der Waals surface area contributed by atoms with E-state index in [1.165, 1.54) is 4.90 Å². The van der Waals surface area contributed by atoms with Crippen LogP contribution in [0.3, 0.4) is 0 Å². The molecule has 0 aliphatic carbocycles. The smallest absolute Gasteiger partial charge is 0.254 e. The molecule has 1 aromatic rings. The van der Waals surface area contributed by atoms with Crippen LogP contribution >= 0.6 is 11.8 Å². The van der Waals surface area contributed by atoms with E-state index in [-0.39, 0.29) is 11.5 Å². The van der Waals surface area contributed by atoms with Gasteiger partial charge in [0.1, 0.15) is 0 Å². The third-order valence-corrected chi connectivity index (χ3v) is 3.79. The molecule has 3 nitrogen and oxygen atoms in total. The van der Waals surface area contributed by atoms with Crippen LogP contribution in [-0.4, -0.2) is 42.4 Å². The van der Waals surface area contributed by atoms with Crippen LogP contribution < -0.4 is 0 Å². The molecule has 1 fully saturated rings. The van der Waals surface area contributed by atoms with E-state index in [0.717, 1.165) is 5.56 Å². The number of amides is 1. The van der Waals surface area contributed by atoms with Gasteiger partial charge in [-0.1, -0.05) is 0 Å². The highest BCUT2D eigenvalue weighted by molar-refractivity contribution is 7.98. The number of carbonyl (C=O) groups excluding carboxylic acids is 1. The molecule has 1 aromatic carbocycles. The molecule has 0 spiro atoms. The van der Waals surface area contributed by atoms with Gasteiger partial charge in [0.15, 0.2) is 0 Å². The van der Waals surface area contributed by atoms with E-state index in [2.05, 4.69) is 0 Å². The van der Waals surface area contributed by atoms with Crippen LogP contribution in [0.25, 0.3) is 0 Å². The second kappa shape index (κ2) is 5.33. The molecule has 1 amide bonds. The van der Waals surface area contributed by atoms with Crippen molar-refractivity contribution in [1.82, 2.24) is 4.90 Å². The van der Waals surface area contributed by atoms with Crippen LogP contribution in [-0.2, 0) is 4.74 Å².